The minimum absolute atomic E-state index is 0.0578. The zero-order chi connectivity index (χ0) is 34.4. The number of para-hydroxylation sites is 1. The first kappa shape index (κ1) is 35.1. The highest BCUT2D eigenvalue weighted by Crippen LogP contribution is 2.43. The molecule has 11 nitrogen and oxygen atoms in total. The number of rotatable bonds is 14. The molecule has 5 rings (SSSR count). The number of fused-ring (bicyclic) bond motifs is 3. The van der Waals surface area contributed by atoms with E-state index in [0.717, 1.165) is 66.4 Å². The number of carbonyl (C=O) groups is 4. The number of carbonyl (C=O) groups excluding carboxylic acids is 4. The Balaban J connectivity index is 1.20. The number of benzene rings is 2. The zero-order valence-corrected chi connectivity index (χ0v) is 28.4. The number of primary amides is 1. The molecule has 2 aromatic carbocycles. The minimum atomic E-state index is -0.582. The Labute approximate surface area is 282 Å². The van der Waals surface area contributed by atoms with Crippen LogP contribution in [0.4, 0.5) is 5.69 Å². The summed E-state index contributed by atoms with van der Waals surface area (Å²) in [7, 11) is 1.89. The first-order valence-electron chi connectivity index (χ1n) is 17.2. The highest BCUT2D eigenvalue weighted by molar-refractivity contribution is 6.06. The lowest BCUT2D eigenvalue weighted by Crippen LogP contribution is -2.41. The van der Waals surface area contributed by atoms with Gasteiger partial charge < -0.3 is 32.2 Å². The standard InChI is InChI=1S/C37H50N6O5/c1-37(2)21-31-34(27-8-4-5-10-30(27)43(31)32(44)22-37)23-11-16-26(35(39)46)29(20-23)42-24-12-14-25(15-13-24)48-33(45)17-19-41-36(47)28(38)9-6-7-18-40-3/h4-5,8,10-11,16,20,24-25,28,40,42H,6-7,9,12-15,17-19,21-22,38H2,1-3H3,(H2,39,46)(H,41,47)/t24?,25?,28-/m0/s1. The smallest absolute Gasteiger partial charge is 0.307 e. The monoisotopic (exact) mass is 658 g/mol. The van der Waals surface area contributed by atoms with Gasteiger partial charge in [0.15, 0.2) is 0 Å². The van der Waals surface area contributed by atoms with E-state index in [9.17, 15) is 19.2 Å². The van der Waals surface area contributed by atoms with Gasteiger partial charge in [0, 0.05) is 41.3 Å². The molecule has 0 unspecified atom stereocenters. The normalized spacial score (nSPS) is 19.4. The number of anilines is 1. The Morgan fingerprint density at radius 2 is 1.77 bits per heavy atom. The highest BCUT2D eigenvalue weighted by atomic mass is 16.5. The molecule has 0 saturated heterocycles. The van der Waals surface area contributed by atoms with Gasteiger partial charge in [-0.2, -0.15) is 0 Å². The van der Waals surface area contributed by atoms with Crippen LogP contribution in [0.5, 0.6) is 0 Å². The molecule has 3 aromatic rings. The third kappa shape index (κ3) is 8.25. The molecular weight excluding hydrogens is 608 g/mol. The molecule has 258 valence electrons. The minimum Gasteiger partial charge on any atom is -0.462 e. The molecule has 1 aliphatic heterocycles. The van der Waals surface area contributed by atoms with E-state index in [0.29, 0.717) is 36.9 Å². The number of nitrogens with one attached hydrogen (secondary N) is 3. The number of amides is 2. The van der Waals surface area contributed by atoms with E-state index in [1.54, 1.807) is 6.07 Å². The maximum absolute atomic E-state index is 13.3. The molecule has 2 heterocycles. The number of ether oxygens (including phenoxy) is 1. The Morgan fingerprint density at radius 1 is 1.02 bits per heavy atom. The van der Waals surface area contributed by atoms with Gasteiger partial charge >= 0.3 is 5.97 Å². The van der Waals surface area contributed by atoms with Crippen LogP contribution in [0.25, 0.3) is 22.0 Å². The molecule has 2 amide bonds. The van der Waals surface area contributed by atoms with E-state index < -0.39 is 11.9 Å². The van der Waals surface area contributed by atoms with Crippen molar-refractivity contribution in [3.05, 3.63) is 53.7 Å². The van der Waals surface area contributed by atoms with Crippen LogP contribution in [0, 0.1) is 5.41 Å². The highest BCUT2D eigenvalue weighted by Gasteiger charge is 2.35. The largest absolute Gasteiger partial charge is 0.462 e. The maximum atomic E-state index is 13.3. The van der Waals surface area contributed by atoms with Crippen molar-refractivity contribution in [2.24, 2.45) is 16.9 Å². The van der Waals surface area contributed by atoms with Gasteiger partial charge in [0.25, 0.3) is 5.91 Å². The molecular formula is C37H50N6O5. The van der Waals surface area contributed by atoms with Crippen molar-refractivity contribution in [1.82, 2.24) is 15.2 Å². The van der Waals surface area contributed by atoms with Gasteiger partial charge in [0.2, 0.25) is 11.8 Å². The second-order valence-electron chi connectivity index (χ2n) is 14.1. The average molecular weight is 659 g/mol. The first-order chi connectivity index (χ1) is 23.0. The van der Waals surface area contributed by atoms with Crippen LogP contribution < -0.4 is 27.4 Å². The van der Waals surface area contributed by atoms with E-state index in [4.69, 9.17) is 16.2 Å². The molecule has 11 heteroatoms. The third-order valence-electron chi connectivity index (χ3n) is 9.56. The summed E-state index contributed by atoms with van der Waals surface area (Å²) < 4.78 is 7.58. The van der Waals surface area contributed by atoms with Crippen LogP contribution in [-0.2, 0) is 20.7 Å². The molecule has 1 fully saturated rings. The van der Waals surface area contributed by atoms with Gasteiger partial charge in [0.05, 0.1) is 23.5 Å². The van der Waals surface area contributed by atoms with Crippen molar-refractivity contribution in [3.63, 3.8) is 0 Å². The molecule has 0 spiro atoms. The van der Waals surface area contributed by atoms with Gasteiger partial charge in [-0.1, -0.05) is 44.5 Å². The number of unbranched alkanes of at least 4 members (excludes halogenated alkanes) is 1. The summed E-state index contributed by atoms with van der Waals surface area (Å²) in [6, 6.07) is 13.1. The number of aromatic nitrogens is 1. The second-order valence-corrected chi connectivity index (χ2v) is 14.1. The molecule has 0 radical (unpaired) electrons. The molecule has 1 atom stereocenters. The quantitative estimate of drug-likeness (QED) is 0.124. The van der Waals surface area contributed by atoms with E-state index in [2.05, 4.69) is 29.8 Å². The molecule has 2 aliphatic rings. The van der Waals surface area contributed by atoms with Crippen molar-refractivity contribution < 1.29 is 23.9 Å². The Bertz CT molecular complexity index is 1660. The maximum Gasteiger partial charge on any atom is 0.307 e. The van der Waals surface area contributed by atoms with Crippen LogP contribution >= 0.6 is 0 Å². The Morgan fingerprint density at radius 3 is 2.50 bits per heavy atom. The van der Waals surface area contributed by atoms with Crippen molar-refractivity contribution in [2.75, 3.05) is 25.5 Å². The summed E-state index contributed by atoms with van der Waals surface area (Å²) in [5, 5.41) is 10.4. The van der Waals surface area contributed by atoms with Crippen LogP contribution in [0.3, 0.4) is 0 Å². The van der Waals surface area contributed by atoms with Gasteiger partial charge in [-0.25, -0.2) is 0 Å². The second kappa shape index (κ2) is 15.3. The molecule has 1 aromatic heterocycles. The number of hydrogen-bond donors (Lipinski definition) is 5. The zero-order valence-electron chi connectivity index (χ0n) is 28.4. The first-order valence-corrected chi connectivity index (χ1v) is 17.2. The number of nitrogens with two attached hydrogens (primary N) is 2. The van der Waals surface area contributed by atoms with Gasteiger partial charge in [-0.3, -0.25) is 23.7 Å². The lowest BCUT2D eigenvalue weighted by atomic mass is 9.80. The average Bonchev–Trinajstić information content (AvgIpc) is 3.37. The lowest BCUT2D eigenvalue weighted by molar-refractivity contribution is -0.150. The fraction of sp³-hybridized carbons (Fsp3) is 0.514. The van der Waals surface area contributed by atoms with Gasteiger partial charge in [0.1, 0.15) is 6.10 Å². The van der Waals surface area contributed by atoms with Crippen LogP contribution in [0.15, 0.2) is 42.5 Å². The van der Waals surface area contributed by atoms with Crippen molar-refractivity contribution >= 4 is 40.3 Å². The summed E-state index contributed by atoms with van der Waals surface area (Å²) in [5.74, 6) is -1.02. The molecule has 0 bridgehead atoms. The molecule has 1 saturated carbocycles. The lowest BCUT2D eigenvalue weighted by Gasteiger charge is -2.31. The third-order valence-corrected chi connectivity index (χ3v) is 9.56. The van der Waals surface area contributed by atoms with Crippen molar-refractivity contribution in [3.8, 4) is 11.1 Å². The summed E-state index contributed by atoms with van der Waals surface area (Å²) in [6.45, 7) is 5.32. The van der Waals surface area contributed by atoms with Gasteiger partial charge in [-0.05, 0) is 87.7 Å². The number of hydrogen-bond acceptors (Lipinski definition) is 8. The Kier molecular flexibility index (Phi) is 11.2. The SMILES string of the molecule is CNCCCC[C@H](N)C(=O)NCCC(=O)OC1CCC(Nc2cc(-c3c4n(c5ccccc35)C(=O)CC(C)(C)C4)ccc2C(N)=O)CC1. The Hall–Kier alpha value is -4.22. The summed E-state index contributed by atoms with van der Waals surface area (Å²) >= 11 is 0. The van der Waals surface area contributed by atoms with Crippen molar-refractivity contribution in [1.29, 1.82) is 0 Å². The predicted molar refractivity (Wildman–Crippen MR) is 188 cm³/mol. The fourth-order valence-electron chi connectivity index (χ4n) is 7.11. The molecule has 1 aliphatic carbocycles. The summed E-state index contributed by atoms with van der Waals surface area (Å²) in [5.41, 5.74) is 16.5. The number of esters is 1. The fourth-order valence-corrected chi connectivity index (χ4v) is 7.11. The van der Waals surface area contributed by atoms with Crippen LogP contribution in [0.2, 0.25) is 0 Å². The van der Waals surface area contributed by atoms with Crippen molar-refractivity contribution in [2.45, 2.75) is 96.2 Å². The molecule has 48 heavy (non-hydrogen) atoms. The topological polar surface area (TPSA) is 171 Å². The number of nitrogens with zero attached hydrogens (tertiary/aromatic N) is 1. The van der Waals surface area contributed by atoms with E-state index >= 15 is 0 Å². The predicted octanol–water partition coefficient (Wildman–Crippen LogP) is 4.51. The molecule has 7 N–H and O–H groups in total. The van der Waals surface area contributed by atoms with E-state index in [1.807, 2.05) is 48.0 Å². The van der Waals surface area contributed by atoms with E-state index in [-0.39, 0.29) is 48.3 Å². The van der Waals surface area contributed by atoms with Gasteiger partial charge in [-0.15, -0.1) is 0 Å². The summed E-state index contributed by atoms with van der Waals surface area (Å²) in [4.78, 5) is 50.5. The van der Waals surface area contributed by atoms with E-state index in [1.165, 1.54) is 0 Å². The van der Waals surface area contributed by atoms with Crippen LogP contribution in [-0.4, -0.2) is 66.6 Å². The summed E-state index contributed by atoms with van der Waals surface area (Å²) in [6.07, 6.45) is 6.36. The van der Waals surface area contributed by atoms with Crippen LogP contribution in [0.1, 0.15) is 92.5 Å².